The van der Waals surface area contributed by atoms with Crippen LogP contribution in [0.1, 0.15) is 133 Å². The summed E-state index contributed by atoms with van der Waals surface area (Å²) in [4.78, 5) is 0. The average Bonchev–Trinajstić information content (AvgIpc) is 3.15. The van der Waals surface area contributed by atoms with Gasteiger partial charge in [-0.2, -0.15) is 0 Å². The molecule has 0 heterocycles. The Bertz CT molecular complexity index is 1610. The number of unbranched alkanes of at least 4 members (excludes halogenated alkanes) is 3. The number of hydrogen-bond acceptors (Lipinski definition) is 0. The molecule has 6 aliphatic carbocycles. The first-order chi connectivity index (χ1) is 22.9. The first-order valence-corrected chi connectivity index (χ1v) is 19.8. The summed E-state index contributed by atoms with van der Waals surface area (Å²) in [6, 6.07) is 37.9. The van der Waals surface area contributed by atoms with Crippen LogP contribution in [0.25, 0.3) is 22.3 Å². The number of benzene rings is 4. The fraction of sp³-hybridized carbons (Fsp3) is 0.478. The van der Waals surface area contributed by atoms with E-state index in [9.17, 15) is 0 Å². The van der Waals surface area contributed by atoms with Crippen molar-refractivity contribution in [3.63, 3.8) is 0 Å². The lowest BCUT2D eigenvalue weighted by Gasteiger charge is -2.54. The van der Waals surface area contributed by atoms with Gasteiger partial charge in [0.2, 0.25) is 0 Å². The second-order valence-electron chi connectivity index (χ2n) is 16.4. The molecule has 4 aromatic carbocycles. The largest absolute Gasteiger partial charge is 0.0654 e. The van der Waals surface area contributed by atoms with E-state index in [2.05, 4.69) is 120 Å². The second-order valence-corrected chi connectivity index (χ2v) is 17.3. The third-order valence-corrected chi connectivity index (χ3v) is 14.7. The normalized spacial score (nSPS) is 29.7. The third kappa shape index (κ3) is 5.88. The van der Waals surface area contributed by atoms with Crippen LogP contribution in [0.3, 0.4) is 0 Å². The Hall–Kier alpha value is -2.64. The summed E-state index contributed by atoms with van der Waals surface area (Å²) in [6.07, 6.45) is 23.6. The molecular formula is C46H53Br. The molecule has 0 N–H and O–H groups in total. The number of halogens is 1. The third-order valence-electron chi connectivity index (χ3n) is 14.2. The standard InChI is InChI=1S/C46H53Br/c1-2-3-4-5-22-43-23-26-44(27-24-43,28-25-43)39-14-10-37(11-15-39)35-6-8-36(9-7-35)38-12-16-40(17-13-38)45-29-32-46(33-30-45,34-31-45)41-18-20-42(47)21-19-41/h6-21H,2-5,22-34H2,1H3. The van der Waals surface area contributed by atoms with Gasteiger partial charge in [0.1, 0.15) is 0 Å². The molecule has 0 nitrogen and oxygen atoms in total. The van der Waals surface area contributed by atoms with Crippen LogP contribution in [0.4, 0.5) is 0 Å². The maximum Gasteiger partial charge on any atom is 0.0175 e. The number of rotatable bonds is 10. The highest BCUT2D eigenvalue weighted by Crippen LogP contribution is 2.60. The van der Waals surface area contributed by atoms with Crippen molar-refractivity contribution in [1.82, 2.24) is 0 Å². The highest BCUT2D eigenvalue weighted by molar-refractivity contribution is 9.10. The lowest BCUT2D eigenvalue weighted by molar-refractivity contribution is 0.0305. The van der Waals surface area contributed by atoms with E-state index >= 15 is 0 Å². The van der Waals surface area contributed by atoms with Gasteiger partial charge in [0.05, 0.1) is 0 Å². The predicted molar refractivity (Wildman–Crippen MR) is 203 cm³/mol. The molecule has 0 aliphatic heterocycles. The summed E-state index contributed by atoms with van der Waals surface area (Å²) in [6.45, 7) is 2.33. The molecule has 244 valence electrons. The molecule has 0 radical (unpaired) electrons. The molecule has 6 fully saturated rings. The van der Waals surface area contributed by atoms with Crippen molar-refractivity contribution in [2.45, 2.75) is 132 Å². The van der Waals surface area contributed by atoms with Crippen molar-refractivity contribution >= 4 is 15.9 Å². The van der Waals surface area contributed by atoms with Crippen LogP contribution in [0.15, 0.2) is 102 Å². The summed E-state index contributed by atoms with van der Waals surface area (Å²) in [5.74, 6) is 0. The fourth-order valence-corrected chi connectivity index (χ4v) is 11.0. The predicted octanol–water partition coefficient (Wildman–Crippen LogP) is 13.9. The highest BCUT2D eigenvalue weighted by Gasteiger charge is 2.50. The van der Waals surface area contributed by atoms with E-state index in [1.165, 1.54) is 136 Å². The molecule has 10 rings (SSSR count). The topological polar surface area (TPSA) is 0 Å². The van der Waals surface area contributed by atoms with Crippen LogP contribution in [0.2, 0.25) is 0 Å². The minimum atomic E-state index is 0.373. The van der Waals surface area contributed by atoms with Crippen molar-refractivity contribution in [3.8, 4) is 22.3 Å². The molecule has 0 saturated heterocycles. The fourth-order valence-electron chi connectivity index (χ4n) is 10.7. The van der Waals surface area contributed by atoms with Crippen molar-refractivity contribution < 1.29 is 0 Å². The zero-order valence-electron chi connectivity index (χ0n) is 28.6. The Morgan fingerprint density at radius 2 is 0.723 bits per heavy atom. The minimum Gasteiger partial charge on any atom is -0.0654 e. The Labute approximate surface area is 292 Å². The lowest BCUT2D eigenvalue weighted by atomic mass is 9.50. The molecule has 4 bridgehead atoms. The van der Waals surface area contributed by atoms with Crippen molar-refractivity contribution in [3.05, 3.63) is 118 Å². The highest BCUT2D eigenvalue weighted by atomic mass is 79.9. The van der Waals surface area contributed by atoms with Crippen molar-refractivity contribution in [2.24, 2.45) is 5.41 Å². The van der Waals surface area contributed by atoms with Gasteiger partial charge in [-0.15, -0.1) is 0 Å². The minimum absolute atomic E-state index is 0.373. The zero-order chi connectivity index (χ0) is 32.0. The van der Waals surface area contributed by atoms with Gasteiger partial charge in [0.15, 0.2) is 0 Å². The van der Waals surface area contributed by atoms with Gasteiger partial charge >= 0.3 is 0 Å². The summed E-state index contributed by atoms with van der Waals surface area (Å²) >= 11 is 3.62. The van der Waals surface area contributed by atoms with Gasteiger partial charge in [-0.05, 0) is 156 Å². The van der Waals surface area contributed by atoms with Crippen molar-refractivity contribution in [1.29, 1.82) is 0 Å². The first kappa shape index (κ1) is 31.6. The second kappa shape index (κ2) is 12.7. The summed E-state index contributed by atoms with van der Waals surface area (Å²) in [7, 11) is 0. The Morgan fingerprint density at radius 3 is 1.09 bits per heavy atom. The van der Waals surface area contributed by atoms with E-state index in [1.807, 2.05) is 0 Å². The molecule has 1 heteroatoms. The Kier molecular flexibility index (Phi) is 8.52. The van der Waals surface area contributed by atoms with E-state index in [1.54, 1.807) is 16.7 Å². The van der Waals surface area contributed by atoms with Gasteiger partial charge < -0.3 is 0 Å². The zero-order valence-corrected chi connectivity index (χ0v) is 30.2. The van der Waals surface area contributed by atoms with Gasteiger partial charge in [0, 0.05) is 4.47 Å². The smallest absolute Gasteiger partial charge is 0.0175 e. The summed E-state index contributed by atoms with van der Waals surface area (Å²) in [5, 5.41) is 0. The summed E-state index contributed by atoms with van der Waals surface area (Å²) < 4.78 is 1.18. The van der Waals surface area contributed by atoms with Crippen molar-refractivity contribution in [2.75, 3.05) is 0 Å². The van der Waals surface area contributed by atoms with E-state index in [0.29, 0.717) is 21.7 Å². The molecule has 6 saturated carbocycles. The number of hydrogen-bond donors (Lipinski definition) is 0. The van der Waals surface area contributed by atoms with E-state index < -0.39 is 0 Å². The Morgan fingerprint density at radius 1 is 0.404 bits per heavy atom. The maximum atomic E-state index is 3.62. The van der Waals surface area contributed by atoms with Crippen LogP contribution in [0, 0.1) is 5.41 Å². The molecule has 0 aromatic heterocycles. The molecule has 4 aromatic rings. The molecular weight excluding hydrogens is 632 g/mol. The van der Waals surface area contributed by atoms with Crippen LogP contribution in [-0.2, 0) is 16.2 Å². The van der Waals surface area contributed by atoms with E-state index in [4.69, 9.17) is 0 Å². The maximum absolute atomic E-state index is 3.62. The molecule has 0 spiro atoms. The van der Waals surface area contributed by atoms with Crippen LogP contribution < -0.4 is 0 Å². The molecule has 6 aliphatic rings. The van der Waals surface area contributed by atoms with Gasteiger partial charge in [0.25, 0.3) is 0 Å². The van der Waals surface area contributed by atoms with E-state index in [-0.39, 0.29) is 0 Å². The first-order valence-electron chi connectivity index (χ1n) is 19.0. The molecule has 0 unspecified atom stereocenters. The van der Waals surface area contributed by atoms with Crippen LogP contribution >= 0.6 is 15.9 Å². The van der Waals surface area contributed by atoms with Gasteiger partial charge in [-0.1, -0.05) is 133 Å². The van der Waals surface area contributed by atoms with Gasteiger partial charge in [-0.25, -0.2) is 0 Å². The molecule has 0 atom stereocenters. The quantitative estimate of drug-likeness (QED) is 0.146. The molecule has 47 heavy (non-hydrogen) atoms. The van der Waals surface area contributed by atoms with E-state index in [0.717, 1.165) is 0 Å². The lowest BCUT2D eigenvalue weighted by Crippen LogP contribution is -2.46. The SMILES string of the molecule is CCCCCCC12CCC(c3ccc(-c4ccc(-c5ccc(C67CCC(c8ccc(Br)cc8)(CC6)CC7)cc5)cc4)cc3)(CC1)CC2. The van der Waals surface area contributed by atoms with Crippen LogP contribution in [-0.4, -0.2) is 0 Å². The number of fused-ring (bicyclic) bond motifs is 6. The Balaban J connectivity index is 0.898. The van der Waals surface area contributed by atoms with Crippen LogP contribution in [0.5, 0.6) is 0 Å². The monoisotopic (exact) mass is 684 g/mol. The summed E-state index contributed by atoms with van der Waals surface area (Å²) in [5.41, 5.74) is 11.9. The molecule has 0 amide bonds. The average molecular weight is 686 g/mol. The van der Waals surface area contributed by atoms with Gasteiger partial charge in [-0.3, -0.25) is 0 Å².